The van der Waals surface area contributed by atoms with Crippen LogP contribution in [0.4, 0.5) is 0 Å². The van der Waals surface area contributed by atoms with E-state index in [1.807, 2.05) is 7.11 Å². The average molecular weight is 290 g/mol. The van der Waals surface area contributed by atoms with Crippen LogP contribution >= 0.6 is 7.26 Å². The summed E-state index contributed by atoms with van der Waals surface area (Å²) < 4.78 is 5.23. The monoisotopic (exact) mass is 290 g/mol. The van der Waals surface area contributed by atoms with Gasteiger partial charge < -0.3 is 28.7 Å². The van der Waals surface area contributed by atoms with Crippen molar-refractivity contribution >= 4 is 7.26 Å². The zero-order valence-corrected chi connectivity index (χ0v) is 11.1. The summed E-state index contributed by atoms with van der Waals surface area (Å²) in [6.45, 7) is 6.87. The van der Waals surface area contributed by atoms with E-state index in [1.54, 1.807) is 0 Å². The molecule has 0 bridgehead atoms. The van der Waals surface area contributed by atoms with Crippen LogP contribution in [0.2, 0.25) is 0 Å². The molecular formula is C8H20IOP. The second-order valence-electron chi connectivity index (χ2n) is 2.71. The minimum atomic E-state index is -0.661. The summed E-state index contributed by atoms with van der Waals surface area (Å²) in [6.07, 6.45) is 5.05. The molecule has 0 amide bonds. The second-order valence-corrected chi connectivity index (χ2v) is 7.55. The van der Waals surface area contributed by atoms with Crippen LogP contribution in [0.5, 0.6) is 0 Å². The van der Waals surface area contributed by atoms with Crippen LogP contribution in [0.3, 0.4) is 0 Å². The minimum Gasteiger partial charge on any atom is -1.00 e. The number of methoxy groups -OCH3 is 1. The zero-order chi connectivity index (χ0) is 8.04. The summed E-state index contributed by atoms with van der Waals surface area (Å²) in [6, 6.07) is 0. The Morgan fingerprint density at radius 3 is 1.45 bits per heavy atom. The van der Waals surface area contributed by atoms with Gasteiger partial charge >= 0.3 is 0 Å². The highest BCUT2D eigenvalue weighted by Crippen LogP contribution is 2.57. The number of halogens is 1. The lowest BCUT2D eigenvalue weighted by Gasteiger charge is -2.21. The van der Waals surface area contributed by atoms with Crippen molar-refractivity contribution in [3.63, 3.8) is 0 Å². The van der Waals surface area contributed by atoms with Crippen molar-refractivity contribution in [2.45, 2.75) is 20.8 Å². The van der Waals surface area contributed by atoms with E-state index in [2.05, 4.69) is 20.8 Å². The Kier molecular flexibility index (Phi) is 10.3. The third kappa shape index (κ3) is 4.64. The topological polar surface area (TPSA) is 9.23 Å². The van der Waals surface area contributed by atoms with Gasteiger partial charge in [-0.15, -0.1) is 0 Å². The van der Waals surface area contributed by atoms with Crippen molar-refractivity contribution in [2.24, 2.45) is 0 Å². The van der Waals surface area contributed by atoms with Gasteiger partial charge in [0.25, 0.3) is 0 Å². The van der Waals surface area contributed by atoms with Crippen LogP contribution in [0, 0.1) is 0 Å². The first kappa shape index (κ1) is 14.6. The maximum atomic E-state index is 5.23. The van der Waals surface area contributed by atoms with Gasteiger partial charge in [0.2, 0.25) is 0 Å². The SMILES string of the molecule is CC[P+](CC)(CC)COC.[I-]. The Morgan fingerprint density at radius 2 is 1.36 bits per heavy atom. The predicted octanol–water partition coefficient (Wildman–Crippen LogP) is -0.328. The van der Waals surface area contributed by atoms with Gasteiger partial charge in [-0.05, 0) is 20.8 Å². The highest BCUT2D eigenvalue weighted by molar-refractivity contribution is 7.75. The smallest absolute Gasteiger partial charge is 0.156 e. The van der Waals surface area contributed by atoms with E-state index in [1.165, 1.54) is 18.5 Å². The molecule has 0 atom stereocenters. The van der Waals surface area contributed by atoms with E-state index in [0.717, 1.165) is 6.35 Å². The molecule has 0 N–H and O–H groups in total. The van der Waals surface area contributed by atoms with Gasteiger partial charge in [0.1, 0.15) is 0 Å². The Labute approximate surface area is 88.6 Å². The molecule has 1 nitrogen and oxygen atoms in total. The maximum absolute atomic E-state index is 5.23. The molecular weight excluding hydrogens is 270 g/mol. The summed E-state index contributed by atoms with van der Waals surface area (Å²) in [7, 11) is 1.15. The standard InChI is InChI=1S/C8H20OP.HI/c1-5-10(6-2,7-3)8-9-4;/h5-8H2,1-4H3;1H/q+1;/p-1. The second kappa shape index (κ2) is 7.75. The van der Waals surface area contributed by atoms with Crippen molar-refractivity contribution in [1.82, 2.24) is 0 Å². The van der Waals surface area contributed by atoms with Crippen LogP contribution in [0.15, 0.2) is 0 Å². The quantitative estimate of drug-likeness (QED) is 0.498. The fourth-order valence-corrected chi connectivity index (χ4v) is 3.66. The van der Waals surface area contributed by atoms with Gasteiger partial charge in [-0.1, -0.05) is 0 Å². The summed E-state index contributed by atoms with van der Waals surface area (Å²) in [5, 5.41) is 0. The lowest BCUT2D eigenvalue weighted by atomic mass is 10.9. The van der Waals surface area contributed by atoms with Crippen LogP contribution in [0.25, 0.3) is 0 Å². The number of ether oxygens (including phenoxy) is 1. The number of hydrogen-bond acceptors (Lipinski definition) is 1. The van der Waals surface area contributed by atoms with Crippen LogP contribution in [-0.2, 0) is 4.74 Å². The molecule has 0 aliphatic heterocycles. The molecule has 0 unspecified atom stereocenters. The number of hydrogen-bond donors (Lipinski definition) is 0. The van der Waals surface area contributed by atoms with E-state index in [4.69, 9.17) is 4.74 Å². The Hall–Kier alpha value is 1.12. The van der Waals surface area contributed by atoms with Crippen molar-refractivity contribution in [3.05, 3.63) is 0 Å². The van der Waals surface area contributed by atoms with Gasteiger partial charge in [0, 0.05) is 14.4 Å². The van der Waals surface area contributed by atoms with E-state index < -0.39 is 7.26 Å². The molecule has 0 heterocycles. The highest BCUT2D eigenvalue weighted by atomic mass is 127. The van der Waals surface area contributed by atoms with Gasteiger partial charge in [0.15, 0.2) is 6.35 Å². The zero-order valence-electron chi connectivity index (χ0n) is 8.06. The minimum absolute atomic E-state index is 0. The highest BCUT2D eigenvalue weighted by Gasteiger charge is 2.30. The van der Waals surface area contributed by atoms with E-state index in [0.29, 0.717) is 0 Å². The number of rotatable bonds is 5. The molecule has 0 aliphatic rings. The van der Waals surface area contributed by atoms with Crippen LogP contribution in [0.1, 0.15) is 20.8 Å². The first-order chi connectivity index (χ1) is 4.74. The summed E-state index contributed by atoms with van der Waals surface area (Å²) >= 11 is 0. The molecule has 3 heteroatoms. The van der Waals surface area contributed by atoms with Crippen molar-refractivity contribution in [3.8, 4) is 0 Å². The Balaban J connectivity index is 0. The maximum Gasteiger partial charge on any atom is 0.156 e. The Morgan fingerprint density at radius 1 is 1.00 bits per heavy atom. The molecule has 0 saturated heterocycles. The summed E-state index contributed by atoms with van der Waals surface area (Å²) in [5.74, 6) is 0. The molecule has 0 aromatic heterocycles. The average Bonchev–Trinajstić information content (AvgIpc) is 2.01. The van der Waals surface area contributed by atoms with Gasteiger partial charge in [-0.3, -0.25) is 0 Å². The normalized spacial score (nSPS) is 10.9. The molecule has 0 saturated carbocycles. The summed E-state index contributed by atoms with van der Waals surface area (Å²) in [4.78, 5) is 0. The summed E-state index contributed by atoms with van der Waals surface area (Å²) in [5.41, 5.74) is 0. The first-order valence-corrected chi connectivity index (χ1v) is 6.61. The van der Waals surface area contributed by atoms with Crippen LogP contribution < -0.4 is 24.0 Å². The third-order valence-corrected chi connectivity index (χ3v) is 7.25. The van der Waals surface area contributed by atoms with Gasteiger partial charge in [0.05, 0.1) is 18.5 Å². The van der Waals surface area contributed by atoms with Crippen molar-refractivity contribution < 1.29 is 28.7 Å². The predicted molar refractivity (Wildman–Crippen MR) is 50.4 cm³/mol. The lowest BCUT2D eigenvalue weighted by molar-refractivity contribution is -0.00000259. The van der Waals surface area contributed by atoms with E-state index in [9.17, 15) is 0 Å². The fraction of sp³-hybridized carbons (Fsp3) is 1.00. The van der Waals surface area contributed by atoms with Crippen molar-refractivity contribution in [2.75, 3.05) is 31.9 Å². The van der Waals surface area contributed by atoms with Crippen LogP contribution in [-0.4, -0.2) is 31.9 Å². The molecule has 11 heavy (non-hydrogen) atoms. The van der Waals surface area contributed by atoms with E-state index in [-0.39, 0.29) is 24.0 Å². The molecule has 0 radical (unpaired) electrons. The fourth-order valence-electron chi connectivity index (χ4n) is 1.22. The largest absolute Gasteiger partial charge is 1.00 e. The first-order valence-electron chi connectivity index (χ1n) is 4.08. The molecule has 70 valence electrons. The van der Waals surface area contributed by atoms with E-state index >= 15 is 0 Å². The third-order valence-electron chi connectivity index (χ3n) is 2.42. The molecule has 0 spiro atoms. The lowest BCUT2D eigenvalue weighted by Crippen LogP contribution is -3.00. The Bertz CT molecular complexity index is 75.9. The van der Waals surface area contributed by atoms with Gasteiger partial charge in [-0.2, -0.15) is 0 Å². The molecule has 0 aromatic rings. The molecule has 0 aromatic carbocycles. The van der Waals surface area contributed by atoms with Crippen molar-refractivity contribution in [1.29, 1.82) is 0 Å². The molecule has 0 rings (SSSR count). The van der Waals surface area contributed by atoms with Gasteiger partial charge in [-0.25, -0.2) is 0 Å². The molecule has 0 fully saturated rings. The molecule has 0 aliphatic carbocycles.